The molecule has 0 aromatic rings. The van der Waals surface area contributed by atoms with Crippen molar-refractivity contribution < 1.29 is 42.3 Å². The molecule has 0 radical (unpaired) electrons. The molecule has 0 spiro atoms. The van der Waals surface area contributed by atoms with Gasteiger partial charge in [-0.05, 0) is 77.0 Å². The van der Waals surface area contributed by atoms with Gasteiger partial charge in [0, 0.05) is 19.4 Å². The summed E-state index contributed by atoms with van der Waals surface area (Å²) in [5.74, 6) is -0.916. The van der Waals surface area contributed by atoms with E-state index in [1.54, 1.807) is 0 Å². The summed E-state index contributed by atoms with van der Waals surface area (Å²) < 4.78 is 38.4. The quantitative estimate of drug-likeness (QED) is 0.0208. The maximum atomic E-state index is 12.6. The average Bonchev–Trinajstić information content (AvgIpc) is 3.89. The normalized spacial score (nSPS) is 17.8. The molecule has 1 aliphatic heterocycles. The zero-order valence-electron chi connectivity index (χ0n) is 32.5. The lowest BCUT2D eigenvalue weighted by Gasteiger charge is -2.19. The minimum atomic E-state index is -4.40. The summed E-state index contributed by atoms with van der Waals surface area (Å²) in [7, 11) is -4.40. The molecule has 1 heterocycles. The van der Waals surface area contributed by atoms with Gasteiger partial charge in [-0.25, -0.2) is 4.57 Å². The molecule has 1 saturated heterocycles. The first-order valence-corrected chi connectivity index (χ1v) is 21.7. The highest BCUT2D eigenvalue weighted by atomic mass is 31.2. The number of unbranched alkanes of at least 4 members (excludes halogenated alkanes) is 13. The van der Waals surface area contributed by atoms with Crippen LogP contribution in [0.2, 0.25) is 0 Å². The van der Waals surface area contributed by atoms with E-state index in [-0.39, 0.29) is 44.8 Å². The number of carbonyl (C=O) groups is 2. The fourth-order valence-corrected chi connectivity index (χ4v) is 6.19. The second-order valence-electron chi connectivity index (χ2n) is 13.5. The van der Waals surface area contributed by atoms with Crippen molar-refractivity contribution in [3.05, 3.63) is 48.6 Å². The van der Waals surface area contributed by atoms with Crippen molar-refractivity contribution in [3.8, 4) is 0 Å². The molecule has 4 atom stereocenters. The van der Waals surface area contributed by atoms with Crippen LogP contribution < -0.4 is 5.73 Å². The Labute approximate surface area is 315 Å². The number of hydrogen-bond acceptors (Lipinski definition) is 9. The molecule has 0 aliphatic carbocycles. The van der Waals surface area contributed by atoms with Crippen LogP contribution in [0.5, 0.6) is 0 Å². The summed E-state index contributed by atoms with van der Waals surface area (Å²) in [5.41, 5.74) is 5.33. The Morgan fingerprint density at radius 1 is 0.673 bits per heavy atom. The van der Waals surface area contributed by atoms with Gasteiger partial charge in [-0.15, -0.1) is 0 Å². The molecular formula is C41H72NO9P. The van der Waals surface area contributed by atoms with E-state index in [1.165, 1.54) is 51.4 Å². The zero-order valence-corrected chi connectivity index (χ0v) is 33.4. The minimum Gasteiger partial charge on any atom is -0.462 e. The molecule has 1 aliphatic rings. The molecule has 1 fully saturated rings. The standard InChI is InChI=1S/C41H72NO9P/c1-3-5-7-9-11-13-14-15-16-18-20-22-27-31-40(43)47-35-37(36-49-52(45,46)48-34-33-42)50-41(44)32-28-24-23-26-30-39-38(51-39)29-25-21-19-17-12-10-8-6-4-2/h12-14,17,21,23,25-26,37-39H,3-11,15-16,18-20,22,24,27-36,42H2,1-2H3,(H,45,46)/b14-13-,17-12-,25-21-,26-23-/t37-,38?,39?/m1/s1. The van der Waals surface area contributed by atoms with Crippen molar-refractivity contribution in [3.63, 3.8) is 0 Å². The van der Waals surface area contributed by atoms with Gasteiger partial charge in [0.05, 0.1) is 25.4 Å². The Bertz CT molecular complexity index is 1060. The number of epoxide rings is 1. The smallest absolute Gasteiger partial charge is 0.462 e. The van der Waals surface area contributed by atoms with Crippen molar-refractivity contribution in [1.29, 1.82) is 0 Å². The van der Waals surface area contributed by atoms with E-state index in [1.807, 2.05) is 6.08 Å². The van der Waals surface area contributed by atoms with Crippen LogP contribution >= 0.6 is 7.82 Å². The fourth-order valence-electron chi connectivity index (χ4n) is 5.43. The van der Waals surface area contributed by atoms with Gasteiger partial charge < -0.3 is 24.8 Å². The van der Waals surface area contributed by atoms with E-state index >= 15 is 0 Å². The highest BCUT2D eigenvalue weighted by Gasteiger charge is 2.36. The topological polar surface area (TPSA) is 147 Å². The predicted octanol–water partition coefficient (Wildman–Crippen LogP) is 10.1. The Hall–Kier alpha value is -2.07. The Morgan fingerprint density at radius 2 is 1.19 bits per heavy atom. The molecule has 0 aromatic carbocycles. The molecular weight excluding hydrogens is 681 g/mol. The predicted molar refractivity (Wildman–Crippen MR) is 210 cm³/mol. The lowest BCUT2D eigenvalue weighted by atomic mass is 10.1. The van der Waals surface area contributed by atoms with E-state index in [4.69, 9.17) is 29.0 Å². The lowest BCUT2D eigenvalue weighted by Crippen LogP contribution is -2.29. The third-order valence-electron chi connectivity index (χ3n) is 8.59. The maximum Gasteiger partial charge on any atom is 0.472 e. The van der Waals surface area contributed by atoms with Crippen LogP contribution in [-0.4, -0.2) is 61.5 Å². The van der Waals surface area contributed by atoms with Crippen molar-refractivity contribution in [2.45, 2.75) is 173 Å². The van der Waals surface area contributed by atoms with Gasteiger partial charge in [0.15, 0.2) is 6.10 Å². The van der Waals surface area contributed by atoms with Crippen molar-refractivity contribution in [2.24, 2.45) is 5.73 Å². The van der Waals surface area contributed by atoms with Crippen LogP contribution in [0.1, 0.15) is 155 Å². The lowest BCUT2D eigenvalue weighted by molar-refractivity contribution is -0.161. The number of esters is 2. The van der Waals surface area contributed by atoms with Gasteiger partial charge >= 0.3 is 19.8 Å². The highest BCUT2D eigenvalue weighted by Crippen LogP contribution is 2.43. The molecule has 10 nitrogen and oxygen atoms in total. The number of carbonyl (C=O) groups excluding carboxylic acids is 2. The number of ether oxygens (including phenoxy) is 3. The monoisotopic (exact) mass is 753 g/mol. The summed E-state index contributed by atoms with van der Waals surface area (Å²) in [6.45, 7) is 3.58. The van der Waals surface area contributed by atoms with Crippen molar-refractivity contribution in [1.82, 2.24) is 0 Å². The van der Waals surface area contributed by atoms with Crippen LogP contribution in [0.15, 0.2) is 48.6 Å². The van der Waals surface area contributed by atoms with E-state index in [2.05, 4.69) is 56.4 Å². The van der Waals surface area contributed by atoms with Gasteiger partial charge in [0.1, 0.15) is 6.61 Å². The molecule has 0 saturated carbocycles. The molecule has 3 unspecified atom stereocenters. The Morgan fingerprint density at radius 3 is 1.88 bits per heavy atom. The third-order valence-corrected chi connectivity index (χ3v) is 9.57. The van der Waals surface area contributed by atoms with Crippen LogP contribution in [0.3, 0.4) is 0 Å². The van der Waals surface area contributed by atoms with Crippen LogP contribution in [0.25, 0.3) is 0 Å². The zero-order chi connectivity index (χ0) is 38.0. The summed E-state index contributed by atoms with van der Waals surface area (Å²) in [6, 6.07) is 0. The van der Waals surface area contributed by atoms with Gasteiger partial charge in [-0.1, -0.05) is 114 Å². The summed E-state index contributed by atoms with van der Waals surface area (Å²) >= 11 is 0. The van der Waals surface area contributed by atoms with Crippen LogP contribution in [0.4, 0.5) is 0 Å². The number of rotatable bonds is 36. The number of nitrogens with two attached hydrogens (primary N) is 1. The first-order valence-electron chi connectivity index (χ1n) is 20.2. The Kier molecular flexibility index (Phi) is 30.9. The van der Waals surface area contributed by atoms with Gasteiger partial charge in [0.25, 0.3) is 0 Å². The second-order valence-corrected chi connectivity index (χ2v) is 15.0. The van der Waals surface area contributed by atoms with E-state index in [9.17, 15) is 19.0 Å². The van der Waals surface area contributed by atoms with Gasteiger partial charge in [0.2, 0.25) is 0 Å². The minimum absolute atomic E-state index is 0.0393. The molecule has 0 aromatic heterocycles. The number of allylic oxidation sites excluding steroid dienone is 6. The average molecular weight is 754 g/mol. The molecule has 3 N–H and O–H groups in total. The van der Waals surface area contributed by atoms with Crippen LogP contribution in [0, 0.1) is 0 Å². The maximum absolute atomic E-state index is 12.6. The first kappa shape index (κ1) is 48.0. The SMILES string of the molecule is CCCCC/C=C\C/C=C\CC1OC1C/C=C\CCCC(=O)O[C@H](COC(=O)CCCCCCC/C=C\CCCCCC)COP(=O)(O)OCCN. The fraction of sp³-hybridized carbons (Fsp3) is 0.756. The van der Waals surface area contributed by atoms with Gasteiger partial charge in [-0.3, -0.25) is 18.6 Å². The molecule has 52 heavy (non-hydrogen) atoms. The van der Waals surface area contributed by atoms with Gasteiger partial charge in [-0.2, -0.15) is 0 Å². The highest BCUT2D eigenvalue weighted by molar-refractivity contribution is 7.47. The van der Waals surface area contributed by atoms with Crippen LogP contribution in [-0.2, 0) is 37.4 Å². The second kappa shape index (κ2) is 33.5. The summed E-state index contributed by atoms with van der Waals surface area (Å²) in [5, 5.41) is 0. The number of phosphoric ester groups is 1. The summed E-state index contributed by atoms with van der Waals surface area (Å²) in [6.07, 6.45) is 38.8. The largest absolute Gasteiger partial charge is 0.472 e. The third kappa shape index (κ3) is 30.4. The Balaban J connectivity index is 2.27. The molecule has 1 rings (SSSR count). The van der Waals surface area contributed by atoms with E-state index in [0.717, 1.165) is 57.8 Å². The van der Waals surface area contributed by atoms with E-state index in [0.29, 0.717) is 19.3 Å². The molecule has 300 valence electrons. The number of phosphoric acid groups is 1. The number of hydrogen-bond donors (Lipinski definition) is 2. The van der Waals surface area contributed by atoms with Crippen molar-refractivity contribution in [2.75, 3.05) is 26.4 Å². The first-order chi connectivity index (χ1) is 25.3. The molecule has 11 heteroatoms. The molecule has 0 amide bonds. The van der Waals surface area contributed by atoms with Crippen molar-refractivity contribution >= 4 is 19.8 Å². The molecule has 0 bridgehead atoms. The summed E-state index contributed by atoms with van der Waals surface area (Å²) in [4.78, 5) is 34.8. The van der Waals surface area contributed by atoms with E-state index < -0.39 is 32.5 Å².